The van der Waals surface area contributed by atoms with Crippen LogP contribution in [0.25, 0.3) is 0 Å². The normalized spacial score (nSPS) is 21.4. The number of carbonyl (C=O) groups is 1. The lowest BCUT2D eigenvalue weighted by molar-refractivity contribution is 0.0957. The third-order valence-electron chi connectivity index (χ3n) is 4.51. The molecule has 24 heavy (non-hydrogen) atoms. The predicted octanol–water partition coefficient (Wildman–Crippen LogP) is 2.39. The van der Waals surface area contributed by atoms with Gasteiger partial charge in [0.1, 0.15) is 5.82 Å². The molecule has 7 heteroatoms. The summed E-state index contributed by atoms with van der Waals surface area (Å²) >= 11 is 1.82. The van der Waals surface area contributed by atoms with Gasteiger partial charge in [0.05, 0.1) is 0 Å². The van der Waals surface area contributed by atoms with Gasteiger partial charge in [-0.2, -0.15) is 0 Å². The second-order valence-corrected chi connectivity index (χ2v) is 7.09. The second-order valence-electron chi connectivity index (χ2n) is 6.11. The van der Waals surface area contributed by atoms with E-state index in [1.807, 2.05) is 17.4 Å². The molecule has 6 nitrogen and oxygen atoms in total. The smallest absolute Gasteiger partial charge is 0.271 e. The van der Waals surface area contributed by atoms with Crippen molar-refractivity contribution in [3.63, 3.8) is 0 Å². The summed E-state index contributed by atoms with van der Waals surface area (Å²) in [4.78, 5) is 15.4. The second kappa shape index (κ2) is 7.72. The molecule has 0 aromatic carbocycles. The Kier molecular flexibility index (Phi) is 5.42. The highest BCUT2D eigenvalue weighted by atomic mass is 32.1. The van der Waals surface area contributed by atoms with Gasteiger partial charge in [0.25, 0.3) is 5.91 Å². The molecule has 0 saturated carbocycles. The third kappa shape index (κ3) is 3.73. The van der Waals surface area contributed by atoms with Crippen molar-refractivity contribution in [1.82, 2.24) is 20.4 Å². The van der Waals surface area contributed by atoms with E-state index in [2.05, 4.69) is 50.3 Å². The van der Waals surface area contributed by atoms with Gasteiger partial charge >= 0.3 is 0 Å². The molecule has 2 atom stereocenters. The third-order valence-corrected chi connectivity index (χ3v) is 5.45. The van der Waals surface area contributed by atoms with Crippen molar-refractivity contribution in [1.29, 1.82) is 0 Å². The zero-order valence-electron chi connectivity index (χ0n) is 14.0. The highest BCUT2D eigenvalue weighted by molar-refractivity contribution is 7.10. The molecular formula is C17H23N5OS. The Labute approximate surface area is 146 Å². The van der Waals surface area contributed by atoms with Crippen LogP contribution in [-0.2, 0) is 0 Å². The summed E-state index contributed by atoms with van der Waals surface area (Å²) in [7, 11) is 3.79. The molecule has 1 aliphatic rings. The van der Waals surface area contributed by atoms with Gasteiger partial charge in [-0.25, -0.2) is 0 Å². The molecule has 1 saturated heterocycles. The molecule has 2 N–H and O–H groups in total. The number of aromatic nitrogens is 2. The van der Waals surface area contributed by atoms with E-state index in [1.54, 1.807) is 13.1 Å². The first kappa shape index (κ1) is 16.9. The van der Waals surface area contributed by atoms with Gasteiger partial charge in [-0.05, 0) is 55.9 Å². The fourth-order valence-corrected chi connectivity index (χ4v) is 4.28. The van der Waals surface area contributed by atoms with Gasteiger partial charge in [-0.3, -0.25) is 9.69 Å². The Bertz CT molecular complexity index is 658. The average molecular weight is 345 g/mol. The Morgan fingerprint density at radius 2 is 2.25 bits per heavy atom. The topological polar surface area (TPSA) is 70.2 Å². The van der Waals surface area contributed by atoms with Gasteiger partial charge in [-0.15, -0.1) is 21.5 Å². The number of rotatable bonds is 5. The number of likely N-dealkylation sites (tertiary alicyclic amines) is 1. The molecule has 0 bridgehead atoms. The fraction of sp³-hybridized carbons (Fsp3) is 0.471. The van der Waals surface area contributed by atoms with Gasteiger partial charge < -0.3 is 10.6 Å². The number of piperidine rings is 1. The van der Waals surface area contributed by atoms with Crippen LogP contribution < -0.4 is 10.6 Å². The first-order valence-corrected chi connectivity index (χ1v) is 9.10. The summed E-state index contributed by atoms with van der Waals surface area (Å²) < 4.78 is 0. The first-order chi connectivity index (χ1) is 11.7. The lowest BCUT2D eigenvalue weighted by Crippen LogP contribution is -2.38. The highest BCUT2D eigenvalue weighted by Crippen LogP contribution is 2.37. The molecule has 2 aromatic rings. The van der Waals surface area contributed by atoms with E-state index in [4.69, 9.17) is 0 Å². The van der Waals surface area contributed by atoms with Gasteiger partial charge in [-0.1, -0.05) is 6.07 Å². The summed E-state index contributed by atoms with van der Waals surface area (Å²) in [6.07, 6.45) is 2.41. The largest absolute Gasteiger partial charge is 0.368 e. The van der Waals surface area contributed by atoms with Crippen molar-refractivity contribution < 1.29 is 4.79 Å². The van der Waals surface area contributed by atoms with Crippen LogP contribution in [0.2, 0.25) is 0 Å². The van der Waals surface area contributed by atoms with Crippen molar-refractivity contribution >= 4 is 23.1 Å². The minimum absolute atomic E-state index is 0.222. The number of amides is 1. The van der Waals surface area contributed by atoms with Crippen LogP contribution in [0.15, 0.2) is 29.6 Å². The number of nitrogens with one attached hydrogen (secondary N) is 2. The quantitative estimate of drug-likeness (QED) is 0.871. The fourth-order valence-electron chi connectivity index (χ4n) is 3.29. The summed E-state index contributed by atoms with van der Waals surface area (Å²) in [5.74, 6) is 1.02. The number of carbonyl (C=O) groups excluding carboxylic acids is 1. The monoisotopic (exact) mass is 345 g/mol. The Morgan fingerprint density at radius 1 is 1.38 bits per heavy atom. The molecule has 3 heterocycles. The van der Waals surface area contributed by atoms with Gasteiger partial charge in [0, 0.05) is 24.5 Å². The van der Waals surface area contributed by atoms with E-state index in [0.717, 1.165) is 13.1 Å². The number of hydrogen-bond donors (Lipinski definition) is 2. The number of thiophene rings is 1. The maximum absolute atomic E-state index is 11.5. The molecule has 2 aromatic heterocycles. The van der Waals surface area contributed by atoms with Crippen molar-refractivity contribution in [2.75, 3.05) is 32.5 Å². The Morgan fingerprint density at radius 3 is 2.92 bits per heavy atom. The van der Waals surface area contributed by atoms with Crippen molar-refractivity contribution in [3.8, 4) is 0 Å². The summed E-state index contributed by atoms with van der Waals surface area (Å²) in [6, 6.07) is 8.30. The molecule has 1 aliphatic heterocycles. The van der Waals surface area contributed by atoms with Crippen molar-refractivity contribution in [3.05, 3.63) is 40.2 Å². The SMILES string of the molecule is CNC(=O)c1ccc(NCC2CCCN(C)C2c2cccs2)nn1. The van der Waals surface area contributed by atoms with E-state index in [1.165, 1.54) is 17.7 Å². The molecule has 0 aliphatic carbocycles. The molecule has 0 radical (unpaired) electrons. The van der Waals surface area contributed by atoms with E-state index in [0.29, 0.717) is 23.5 Å². The van der Waals surface area contributed by atoms with Crippen LogP contribution in [0.4, 0.5) is 5.82 Å². The summed E-state index contributed by atoms with van der Waals surface area (Å²) in [6.45, 7) is 1.99. The Balaban J connectivity index is 1.65. The van der Waals surface area contributed by atoms with Crippen LogP contribution in [0.1, 0.15) is 34.2 Å². The van der Waals surface area contributed by atoms with Crippen LogP contribution in [0.3, 0.4) is 0 Å². The molecule has 0 spiro atoms. The molecule has 1 amide bonds. The molecule has 1 fully saturated rings. The van der Waals surface area contributed by atoms with E-state index in [-0.39, 0.29) is 5.91 Å². The number of nitrogens with zero attached hydrogens (tertiary/aromatic N) is 3. The average Bonchev–Trinajstić information content (AvgIpc) is 3.14. The standard InChI is InChI=1S/C17H23N5OS/c1-18-17(23)13-7-8-15(21-20-13)19-11-12-5-3-9-22(2)16(12)14-6-4-10-24-14/h4,6-8,10,12,16H,3,5,9,11H2,1-2H3,(H,18,23)(H,19,21). The van der Waals surface area contributed by atoms with Crippen LogP contribution >= 0.6 is 11.3 Å². The van der Waals surface area contributed by atoms with E-state index in [9.17, 15) is 4.79 Å². The predicted molar refractivity (Wildman–Crippen MR) is 96.3 cm³/mol. The number of hydrogen-bond acceptors (Lipinski definition) is 6. The summed E-state index contributed by atoms with van der Waals surface area (Å²) in [5, 5.41) is 16.1. The summed E-state index contributed by atoms with van der Waals surface area (Å²) in [5.41, 5.74) is 0.330. The lowest BCUT2D eigenvalue weighted by Gasteiger charge is -2.38. The first-order valence-electron chi connectivity index (χ1n) is 8.22. The zero-order valence-corrected chi connectivity index (χ0v) is 14.8. The minimum Gasteiger partial charge on any atom is -0.368 e. The molecule has 2 unspecified atom stereocenters. The molecule has 3 rings (SSSR count). The maximum Gasteiger partial charge on any atom is 0.271 e. The van der Waals surface area contributed by atoms with Gasteiger partial charge in [0.15, 0.2) is 5.69 Å². The maximum atomic E-state index is 11.5. The molecular weight excluding hydrogens is 322 g/mol. The van der Waals surface area contributed by atoms with Crippen LogP contribution in [0.5, 0.6) is 0 Å². The molecule has 128 valence electrons. The van der Waals surface area contributed by atoms with Crippen molar-refractivity contribution in [2.45, 2.75) is 18.9 Å². The Hall–Kier alpha value is -1.99. The van der Waals surface area contributed by atoms with Crippen LogP contribution in [-0.4, -0.2) is 48.2 Å². The lowest BCUT2D eigenvalue weighted by atomic mass is 9.88. The van der Waals surface area contributed by atoms with Crippen molar-refractivity contribution in [2.24, 2.45) is 5.92 Å². The van der Waals surface area contributed by atoms with Gasteiger partial charge in [0.2, 0.25) is 0 Å². The number of anilines is 1. The van der Waals surface area contributed by atoms with E-state index >= 15 is 0 Å². The highest BCUT2D eigenvalue weighted by Gasteiger charge is 2.31. The van der Waals surface area contributed by atoms with Crippen LogP contribution in [0, 0.1) is 5.92 Å². The minimum atomic E-state index is -0.222. The zero-order chi connectivity index (χ0) is 16.9. The van der Waals surface area contributed by atoms with E-state index < -0.39 is 0 Å².